The quantitative estimate of drug-likeness (QED) is 0.657. The molecule has 21 heavy (non-hydrogen) atoms. The number of rotatable bonds is 3. The average Bonchev–Trinajstić information content (AvgIpc) is 2.46. The minimum atomic E-state index is -1.33. The summed E-state index contributed by atoms with van der Waals surface area (Å²) in [6.45, 7) is 3.27. The molecule has 1 aliphatic rings. The highest BCUT2D eigenvalue weighted by atomic mass is 16.6. The van der Waals surface area contributed by atoms with Crippen molar-refractivity contribution in [2.75, 3.05) is 31.1 Å². The van der Waals surface area contributed by atoms with Gasteiger partial charge in [-0.3, -0.25) is 14.9 Å². The van der Waals surface area contributed by atoms with Crippen LogP contribution in [0.5, 0.6) is 0 Å². The summed E-state index contributed by atoms with van der Waals surface area (Å²) in [4.78, 5) is 36.3. The number of nitro groups is 1. The molecule has 1 fully saturated rings. The third kappa shape index (κ3) is 2.93. The first kappa shape index (κ1) is 14.8. The van der Waals surface area contributed by atoms with Gasteiger partial charge in [0.05, 0.1) is 4.92 Å². The Morgan fingerprint density at radius 2 is 1.86 bits per heavy atom. The molecular formula is C13H15N3O5. The van der Waals surface area contributed by atoms with Crippen LogP contribution in [0, 0.1) is 10.1 Å². The van der Waals surface area contributed by atoms with Crippen molar-refractivity contribution < 1.29 is 19.6 Å². The molecule has 0 bridgehead atoms. The number of nitrogens with zero attached hydrogens (tertiary/aromatic N) is 3. The summed E-state index contributed by atoms with van der Waals surface area (Å²) in [5.74, 6) is -1.37. The number of benzene rings is 1. The summed E-state index contributed by atoms with van der Waals surface area (Å²) >= 11 is 0. The van der Waals surface area contributed by atoms with E-state index in [0.29, 0.717) is 26.2 Å². The number of aromatic carboxylic acids is 1. The highest BCUT2D eigenvalue weighted by Gasteiger charge is 2.29. The van der Waals surface area contributed by atoms with E-state index in [2.05, 4.69) is 0 Å². The van der Waals surface area contributed by atoms with E-state index in [4.69, 9.17) is 5.11 Å². The zero-order valence-electron chi connectivity index (χ0n) is 11.5. The van der Waals surface area contributed by atoms with Gasteiger partial charge in [0.15, 0.2) is 0 Å². The molecule has 1 heterocycles. The molecule has 2 rings (SSSR count). The Hall–Kier alpha value is -2.64. The van der Waals surface area contributed by atoms with E-state index in [-0.39, 0.29) is 17.2 Å². The normalized spacial score (nSPS) is 14.9. The number of anilines is 1. The van der Waals surface area contributed by atoms with Crippen LogP contribution in [0.2, 0.25) is 0 Å². The third-order valence-corrected chi connectivity index (χ3v) is 3.49. The summed E-state index contributed by atoms with van der Waals surface area (Å²) in [6.07, 6.45) is 0. The van der Waals surface area contributed by atoms with Crippen LogP contribution in [-0.4, -0.2) is 53.0 Å². The highest BCUT2D eigenvalue weighted by molar-refractivity contribution is 5.95. The van der Waals surface area contributed by atoms with Crippen LogP contribution in [0.4, 0.5) is 11.4 Å². The molecular weight excluding hydrogens is 278 g/mol. The molecule has 1 aromatic rings. The maximum Gasteiger partial charge on any atom is 0.342 e. The lowest BCUT2D eigenvalue weighted by Gasteiger charge is -2.35. The molecule has 1 saturated heterocycles. The fourth-order valence-corrected chi connectivity index (χ4v) is 2.41. The number of carbonyl (C=O) groups excluding carboxylic acids is 1. The van der Waals surface area contributed by atoms with Gasteiger partial charge < -0.3 is 14.9 Å². The topological polar surface area (TPSA) is 104 Å². The molecule has 0 aliphatic carbocycles. The summed E-state index contributed by atoms with van der Waals surface area (Å²) in [5.41, 5.74) is -0.448. The van der Waals surface area contributed by atoms with Crippen molar-refractivity contribution in [2.24, 2.45) is 0 Å². The molecule has 0 atom stereocenters. The van der Waals surface area contributed by atoms with Gasteiger partial charge >= 0.3 is 11.7 Å². The highest BCUT2D eigenvalue weighted by Crippen LogP contribution is 2.32. The molecule has 8 heteroatoms. The molecule has 0 radical (unpaired) electrons. The molecule has 0 unspecified atom stereocenters. The summed E-state index contributed by atoms with van der Waals surface area (Å²) in [7, 11) is 0. The number of carboxylic acid groups (broad SMARTS) is 1. The molecule has 1 aromatic carbocycles. The number of para-hydroxylation sites is 1. The van der Waals surface area contributed by atoms with Crippen LogP contribution in [0.15, 0.2) is 18.2 Å². The second-order valence-corrected chi connectivity index (χ2v) is 4.73. The minimum Gasteiger partial charge on any atom is -0.477 e. The van der Waals surface area contributed by atoms with Gasteiger partial charge in [-0.15, -0.1) is 0 Å². The van der Waals surface area contributed by atoms with E-state index in [1.807, 2.05) is 0 Å². The molecule has 0 saturated carbocycles. The second kappa shape index (κ2) is 5.78. The first-order valence-electron chi connectivity index (χ1n) is 6.43. The summed E-state index contributed by atoms with van der Waals surface area (Å²) in [6, 6.07) is 4.24. The second-order valence-electron chi connectivity index (χ2n) is 4.73. The number of carboxylic acids is 1. The number of piperazine rings is 1. The van der Waals surface area contributed by atoms with Crippen LogP contribution >= 0.6 is 0 Å². The van der Waals surface area contributed by atoms with E-state index in [1.165, 1.54) is 25.1 Å². The van der Waals surface area contributed by atoms with Crippen molar-refractivity contribution in [3.05, 3.63) is 33.9 Å². The zero-order valence-corrected chi connectivity index (χ0v) is 11.5. The SMILES string of the molecule is CC(=O)N1CCN(c2cccc(C(=O)O)c2[N+](=O)[O-])CC1. The first-order chi connectivity index (χ1) is 9.91. The third-order valence-electron chi connectivity index (χ3n) is 3.49. The molecule has 0 spiro atoms. The molecule has 112 valence electrons. The Morgan fingerprint density at radius 3 is 2.33 bits per heavy atom. The molecule has 8 nitrogen and oxygen atoms in total. The molecule has 1 N–H and O–H groups in total. The van der Waals surface area contributed by atoms with Gasteiger partial charge in [0.2, 0.25) is 5.91 Å². The number of hydrogen-bond donors (Lipinski definition) is 1. The monoisotopic (exact) mass is 293 g/mol. The van der Waals surface area contributed by atoms with Crippen LogP contribution in [0.1, 0.15) is 17.3 Å². The van der Waals surface area contributed by atoms with Gasteiger partial charge in [0.25, 0.3) is 0 Å². The van der Waals surface area contributed by atoms with Crippen molar-refractivity contribution in [1.29, 1.82) is 0 Å². The molecule has 0 aromatic heterocycles. The summed E-state index contributed by atoms with van der Waals surface area (Å²) < 4.78 is 0. The van der Waals surface area contributed by atoms with E-state index in [0.717, 1.165) is 0 Å². The predicted molar refractivity (Wildman–Crippen MR) is 74.5 cm³/mol. The van der Waals surface area contributed by atoms with Crippen molar-refractivity contribution in [2.45, 2.75) is 6.92 Å². The van der Waals surface area contributed by atoms with Crippen molar-refractivity contribution in [1.82, 2.24) is 4.90 Å². The first-order valence-corrected chi connectivity index (χ1v) is 6.43. The fourth-order valence-electron chi connectivity index (χ4n) is 2.41. The number of carbonyl (C=O) groups is 2. The number of hydrogen-bond acceptors (Lipinski definition) is 5. The Morgan fingerprint density at radius 1 is 1.24 bits per heavy atom. The Kier molecular flexibility index (Phi) is 4.06. The van der Waals surface area contributed by atoms with Crippen LogP contribution in [-0.2, 0) is 4.79 Å². The standard InChI is InChI=1S/C13H15N3O5/c1-9(17)14-5-7-15(8-6-14)11-4-2-3-10(13(18)19)12(11)16(20)21/h2-4H,5-8H2,1H3,(H,18,19). The molecule has 1 amide bonds. The van der Waals surface area contributed by atoms with Crippen LogP contribution in [0.25, 0.3) is 0 Å². The predicted octanol–water partition coefficient (Wildman–Crippen LogP) is 0.962. The number of amides is 1. The van der Waals surface area contributed by atoms with Crippen molar-refractivity contribution >= 4 is 23.3 Å². The van der Waals surface area contributed by atoms with E-state index >= 15 is 0 Å². The minimum absolute atomic E-state index is 0.0385. The fraction of sp³-hybridized carbons (Fsp3) is 0.385. The van der Waals surface area contributed by atoms with Gasteiger partial charge in [-0.1, -0.05) is 6.07 Å². The van der Waals surface area contributed by atoms with E-state index < -0.39 is 16.6 Å². The van der Waals surface area contributed by atoms with E-state index in [1.54, 1.807) is 9.80 Å². The lowest BCUT2D eigenvalue weighted by atomic mass is 10.1. The maximum absolute atomic E-state index is 11.3. The van der Waals surface area contributed by atoms with Gasteiger partial charge in [0, 0.05) is 33.1 Å². The van der Waals surface area contributed by atoms with Gasteiger partial charge in [-0.25, -0.2) is 4.79 Å². The van der Waals surface area contributed by atoms with E-state index in [9.17, 15) is 19.7 Å². The smallest absolute Gasteiger partial charge is 0.342 e. The van der Waals surface area contributed by atoms with Gasteiger partial charge in [-0.05, 0) is 12.1 Å². The van der Waals surface area contributed by atoms with Gasteiger partial charge in [0.1, 0.15) is 11.3 Å². The summed E-state index contributed by atoms with van der Waals surface area (Å²) in [5, 5.41) is 20.3. The van der Waals surface area contributed by atoms with Crippen molar-refractivity contribution in [3.8, 4) is 0 Å². The van der Waals surface area contributed by atoms with Gasteiger partial charge in [-0.2, -0.15) is 0 Å². The zero-order chi connectivity index (χ0) is 15.6. The lowest BCUT2D eigenvalue weighted by Crippen LogP contribution is -2.48. The Balaban J connectivity index is 2.33. The van der Waals surface area contributed by atoms with Crippen LogP contribution < -0.4 is 4.90 Å². The molecule has 1 aliphatic heterocycles. The number of nitro benzene ring substituents is 1. The Bertz CT molecular complexity index is 593. The average molecular weight is 293 g/mol. The van der Waals surface area contributed by atoms with Crippen LogP contribution in [0.3, 0.4) is 0 Å². The largest absolute Gasteiger partial charge is 0.477 e. The lowest BCUT2D eigenvalue weighted by molar-refractivity contribution is -0.384. The van der Waals surface area contributed by atoms with Crippen molar-refractivity contribution in [3.63, 3.8) is 0 Å². The Labute approximate surface area is 120 Å². The maximum atomic E-state index is 11.3.